The molecule has 1 heterocycles. The molecule has 1 aliphatic heterocycles. The molecular formula is C21H35N3O2. The van der Waals surface area contributed by atoms with E-state index >= 15 is 0 Å². The molecular weight excluding hydrogens is 326 g/mol. The van der Waals surface area contributed by atoms with Crippen molar-refractivity contribution in [3.8, 4) is 0 Å². The number of nitrogens with one attached hydrogen (secondary N) is 1. The topological polar surface area (TPSA) is 67.6 Å². The van der Waals surface area contributed by atoms with Crippen molar-refractivity contribution in [3.05, 3.63) is 35.9 Å². The van der Waals surface area contributed by atoms with Gasteiger partial charge in [0.15, 0.2) is 0 Å². The lowest BCUT2D eigenvalue weighted by molar-refractivity contribution is -0.125. The van der Waals surface area contributed by atoms with Crippen LogP contribution in [0.5, 0.6) is 0 Å². The Labute approximate surface area is 158 Å². The van der Waals surface area contributed by atoms with Crippen LogP contribution in [0.2, 0.25) is 0 Å². The molecule has 1 aromatic carbocycles. The molecule has 0 spiro atoms. The van der Waals surface area contributed by atoms with Crippen LogP contribution < -0.4 is 11.1 Å². The molecule has 0 bridgehead atoms. The van der Waals surface area contributed by atoms with Crippen LogP contribution >= 0.6 is 0 Å². The molecule has 0 saturated carbocycles. The summed E-state index contributed by atoms with van der Waals surface area (Å²) in [6.45, 7) is 10.5. The first-order chi connectivity index (χ1) is 12.6. The van der Waals surface area contributed by atoms with Crippen LogP contribution in [-0.2, 0) is 9.53 Å². The Morgan fingerprint density at radius 1 is 1.19 bits per heavy atom. The van der Waals surface area contributed by atoms with Gasteiger partial charge in [-0.25, -0.2) is 0 Å². The van der Waals surface area contributed by atoms with Crippen molar-refractivity contribution in [3.63, 3.8) is 0 Å². The molecule has 2 rings (SSSR count). The summed E-state index contributed by atoms with van der Waals surface area (Å²) in [6.07, 6.45) is 2.24. The maximum absolute atomic E-state index is 12.7. The van der Waals surface area contributed by atoms with Gasteiger partial charge in [0.2, 0.25) is 5.91 Å². The monoisotopic (exact) mass is 361 g/mol. The molecule has 5 heteroatoms. The van der Waals surface area contributed by atoms with Gasteiger partial charge < -0.3 is 15.8 Å². The smallest absolute Gasteiger partial charge is 0.224 e. The summed E-state index contributed by atoms with van der Waals surface area (Å²) in [7, 11) is 0. The molecule has 1 fully saturated rings. The highest BCUT2D eigenvalue weighted by molar-refractivity contribution is 5.79. The van der Waals surface area contributed by atoms with Gasteiger partial charge >= 0.3 is 0 Å². The Morgan fingerprint density at radius 3 is 2.38 bits per heavy atom. The van der Waals surface area contributed by atoms with Crippen LogP contribution in [0, 0.1) is 11.8 Å². The Morgan fingerprint density at radius 2 is 1.81 bits per heavy atom. The predicted octanol–water partition coefficient (Wildman–Crippen LogP) is 2.58. The fraction of sp³-hybridized carbons (Fsp3) is 0.667. The van der Waals surface area contributed by atoms with E-state index in [0.29, 0.717) is 18.5 Å². The largest absolute Gasteiger partial charge is 0.379 e. The van der Waals surface area contributed by atoms with Gasteiger partial charge in [-0.3, -0.25) is 9.69 Å². The van der Waals surface area contributed by atoms with Gasteiger partial charge in [-0.15, -0.1) is 0 Å². The van der Waals surface area contributed by atoms with Crippen molar-refractivity contribution < 1.29 is 9.53 Å². The van der Waals surface area contributed by atoms with Gasteiger partial charge in [-0.1, -0.05) is 63.9 Å². The fourth-order valence-electron chi connectivity index (χ4n) is 3.83. The van der Waals surface area contributed by atoms with Crippen LogP contribution in [0.4, 0.5) is 0 Å². The Hall–Kier alpha value is -1.43. The van der Waals surface area contributed by atoms with E-state index < -0.39 is 0 Å². The molecule has 1 aromatic rings. The molecule has 1 saturated heterocycles. The lowest BCUT2D eigenvalue weighted by Crippen LogP contribution is -2.52. The molecule has 0 aromatic heterocycles. The molecule has 0 aliphatic carbocycles. The SMILES string of the molecule is CCC(CC)C(CNC(=O)C(C)C(N)c1ccccc1)N1CCOCC1. The number of hydrogen-bond donors (Lipinski definition) is 2. The van der Waals surface area contributed by atoms with Crippen molar-refractivity contribution >= 4 is 5.91 Å². The number of morpholine rings is 1. The van der Waals surface area contributed by atoms with Gasteiger partial charge in [0, 0.05) is 31.7 Å². The van der Waals surface area contributed by atoms with Crippen LogP contribution in [0.1, 0.15) is 45.2 Å². The van der Waals surface area contributed by atoms with Crippen molar-refractivity contribution in [2.45, 2.75) is 45.7 Å². The van der Waals surface area contributed by atoms with Crippen LogP contribution in [0.15, 0.2) is 30.3 Å². The second kappa shape index (κ2) is 10.7. The molecule has 5 nitrogen and oxygen atoms in total. The van der Waals surface area contributed by atoms with Crippen molar-refractivity contribution in [2.75, 3.05) is 32.8 Å². The number of ether oxygens (including phenoxy) is 1. The highest BCUT2D eigenvalue weighted by Crippen LogP contribution is 2.21. The lowest BCUT2D eigenvalue weighted by atomic mass is 9.91. The number of hydrogen-bond acceptors (Lipinski definition) is 4. The van der Waals surface area contributed by atoms with E-state index in [0.717, 1.165) is 44.7 Å². The Kier molecular flexibility index (Phi) is 8.55. The van der Waals surface area contributed by atoms with Gasteiger partial charge in [0.1, 0.15) is 0 Å². The summed E-state index contributed by atoms with van der Waals surface area (Å²) < 4.78 is 5.50. The predicted molar refractivity (Wildman–Crippen MR) is 106 cm³/mol. The van der Waals surface area contributed by atoms with E-state index in [2.05, 4.69) is 24.1 Å². The lowest BCUT2D eigenvalue weighted by Gasteiger charge is -2.39. The molecule has 146 valence electrons. The average Bonchev–Trinajstić information content (AvgIpc) is 2.71. The third-order valence-corrected chi connectivity index (χ3v) is 5.73. The van der Waals surface area contributed by atoms with Gasteiger partial charge in [0.05, 0.1) is 19.1 Å². The van der Waals surface area contributed by atoms with Crippen LogP contribution in [0.3, 0.4) is 0 Å². The molecule has 3 atom stereocenters. The van der Waals surface area contributed by atoms with Crippen molar-refractivity contribution in [1.82, 2.24) is 10.2 Å². The molecule has 0 radical (unpaired) electrons. The highest BCUT2D eigenvalue weighted by atomic mass is 16.5. The number of carbonyl (C=O) groups excluding carboxylic acids is 1. The van der Waals surface area contributed by atoms with E-state index in [1.807, 2.05) is 37.3 Å². The summed E-state index contributed by atoms with van der Waals surface area (Å²) in [5.41, 5.74) is 7.31. The number of amides is 1. The standard InChI is InChI=1S/C21H35N3O2/c1-4-17(5-2)19(24-11-13-26-14-12-24)15-23-21(25)16(3)20(22)18-9-7-6-8-10-18/h6-10,16-17,19-20H,4-5,11-15,22H2,1-3H3,(H,23,25). The number of nitrogens with zero attached hydrogens (tertiary/aromatic N) is 1. The highest BCUT2D eigenvalue weighted by Gasteiger charge is 2.29. The minimum absolute atomic E-state index is 0.0329. The Bertz CT molecular complexity index is 527. The summed E-state index contributed by atoms with van der Waals surface area (Å²) in [5, 5.41) is 3.18. The first-order valence-electron chi connectivity index (χ1n) is 9.98. The zero-order valence-electron chi connectivity index (χ0n) is 16.5. The van der Waals surface area contributed by atoms with Crippen molar-refractivity contribution in [1.29, 1.82) is 0 Å². The third-order valence-electron chi connectivity index (χ3n) is 5.73. The minimum atomic E-state index is -0.286. The van der Waals surface area contributed by atoms with Gasteiger partial charge in [0.25, 0.3) is 0 Å². The zero-order chi connectivity index (χ0) is 18.9. The minimum Gasteiger partial charge on any atom is -0.379 e. The maximum atomic E-state index is 12.7. The normalized spacial score (nSPS) is 19.1. The maximum Gasteiger partial charge on any atom is 0.224 e. The van der Waals surface area contributed by atoms with E-state index in [1.54, 1.807) is 0 Å². The van der Waals surface area contributed by atoms with E-state index in [1.165, 1.54) is 0 Å². The molecule has 26 heavy (non-hydrogen) atoms. The number of nitrogens with two attached hydrogens (primary N) is 1. The fourth-order valence-corrected chi connectivity index (χ4v) is 3.83. The molecule has 3 N–H and O–H groups in total. The summed E-state index contributed by atoms with van der Waals surface area (Å²) in [4.78, 5) is 15.2. The van der Waals surface area contributed by atoms with E-state index in [4.69, 9.17) is 10.5 Å². The summed E-state index contributed by atoms with van der Waals surface area (Å²) >= 11 is 0. The van der Waals surface area contributed by atoms with E-state index in [9.17, 15) is 4.79 Å². The van der Waals surface area contributed by atoms with Crippen LogP contribution in [0.25, 0.3) is 0 Å². The first-order valence-corrected chi connectivity index (χ1v) is 9.98. The van der Waals surface area contributed by atoms with E-state index in [-0.39, 0.29) is 17.9 Å². The average molecular weight is 362 g/mol. The summed E-state index contributed by atoms with van der Waals surface area (Å²) in [6, 6.07) is 9.92. The second-order valence-corrected chi connectivity index (χ2v) is 7.26. The molecule has 1 aliphatic rings. The number of carbonyl (C=O) groups is 1. The summed E-state index contributed by atoms with van der Waals surface area (Å²) in [5.74, 6) is 0.349. The quantitative estimate of drug-likeness (QED) is 0.709. The number of benzene rings is 1. The van der Waals surface area contributed by atoms with Gasteiger partial charge in [-0.05, 0) is 11.5 Å². The zero-order valence-corrected chi connectivity index (χ0v) is 16.5. The third kappa shape index (κ3) is 5.53. The first kappa shape index (κ1) is 20.9. The van der Waals surface area contributed by atoms with Crippen LogP contribution in [-0.4, -0.2) is 49.7 Å². The van der Waals surface area contributed by atoms with Crippen molar-refractivity contribution in [2.24, 2.45) is 17.6 Å². The number of rotatable bonds is 9. The Balaban J connectivity index is 1.96. The molecule has 1 amide bonds. The second-order valence-electron chi connectivity index (χ2n) is 7.26. The van der Waals surface area contributed by atoms with Gasteiger partial charge in [-0.2, -0.15) is 0 Å². The molecule has 3 unspecified atom stereocenters.